The van der Waals surface area contributed by atoms with Crippen LogP contribution in [-0.4, -0.2) is 53.1 Å². The average molecular weight is 621 g/mol. The largest absolute Gasteiger partial charge is 0.493 e. The van der Waals surface area contributed by atoms with E-state index >= 15 is 0 Å². The summed E-state index contributed by atoms with van der Waals surface area (Å²) in [5.41, 5.74) is 6.28. The van der Waals surface area contributed by atoms with Crippen molar-refractivity contribution in [3.05, 3.63) is 76.9 Å². The monoisotopic (exact) mass is 620 g/mol. The Bertz CT molecular complexity index is 1400. The molecule has 0 bridgehead atoms. The number of carbonyl (C=O) groups is 1. The minimum Gasteiger partial charge on any atom is -0.493 e. The first-order valence-electron chi connectivity index (χ1n) is 16.1. The molecule has 0 amide bonds. The van der Waals surface area contributed by atoms with Gasteiger partial charge < -0.3 is 24.6 Å². The molecule has 7 nitrogen and oxygen atoms in total. The van der Waals surface area contributed by atoms with Crippen molar-refractivity contribution in [3.8, 4) is 16.9 Å². The third-order valence-electron chi connectivity index (χ3n) is 8.59. The fraction of sp³-hybridized carbons (Fsp3) is 0.514. The van der Waals surface area contributed by atoms with Crippen LogP contribution in [0.1, 0.15) is 82.3 Å². The van der Waals surface area contributed by atoms with Gasteiger partial charge in [0, 0.05) is 42.9 Å². The van der Waals surface area contributed by atoms with Crippen LogP contribution >= 0.6 is 0 Å². The van der Waals surface area contributed by atoms with Crippen molar-refractivity contribution in [2.75, 3.05) is 31.2 Å². The van der Waals surface area contributed by atoms with E-state index in [-0.39, 0.29) is 12.2 Å². The van der Waals surface area contributed by atoms with Crippen molar-refractivity contribution in [2.24, 2.45) is 5.41 Å². The quantitative estimate of drug-likeness (QED) is 0.229. The van der Waals surface area contributed by atoms with Crippen LogP contribution in [0.25, 0.3) is 11.1 Å². The number of halogens is 1. The van der Waals surface area contributed by atoms with E-state index in [0.717, 1.165) is 71.0 Å². The summed E-state index contributed by atoms with van der Waals surface area (Å²) in [6, 6.07) is 14.4. The molecule has 2 N–H and O–H groups in total. The number of hydrogen-bond acceptors (Lipinski definition) is 6. The number of ether oxygens (including phenoxy) is 2. The highest BCUT2D eigenvalue weighted by atomic mass is 19.1. The second kappa shape index (κ2) is 15.2. The minimum absolute atomic E-state index is 0.0672. The summed E-state index contributed by atoms with van der Waals surface area (Å²) in [6.07, 6.45) is 6.83. The van der Waals surface area contributed by atoms with E-state index in [1.54, 1.807) is 32.9 Å². The lowest BCUT2D eigenvalue weighted by atomic mass is 9.63. The number of aryl methyl sites for hydroxylation is 1. The maximum atomic E-state index is 13.2. The highest BCUT2D eigenvalue weighted by Crippen LogP contribution is 2.50. The predicted octanol–water partition coefficient (Wildman–Crippen LogP) is 7.53. The third-order valence-corrected chi connectivity index (χ3v) is 8.59. The lowest BCUT2D eigenvalue weighted by Gasteiger charge is -2.49. The van der Waals surface area contributed by atoms with Gasteiger partial charge in [0.05, 0.1) is 36.6 Å². The third kappa shape index (κ3) is 9.75. The number of hydrogen-bond donors (Lipinski definition) is 2. The van der Waals surface area contributed by atoms with Gasteiger partial charge in [-0.3, -0.25) is 9.78 Å². The number of pyridine rings is 1. The number of aliphatic carboxylic acids is 1. The number of nitrogens with zero attached hydrogens (tertiary/aromatic N) is 2. The van der Waals surface area contributed by atoms with Crippen molar-refractivity contribution >= 4 is 11.7 Å². The van der Waals surface area contributed by atoms with Gasteiger partial charge in [-0.15, -0.1) is 0 Å². The molecule has 1 aromatic heterocycles. The van der Waals surface area contributed by atoms with Crippen LogP contribution in [0.2, 0.25) is 0 Å². The van der Waals surface area contributed by atoms with Crippen molar-refractivity contribution in [1.29, 1.82) is 0 Å². The second-order valence-corrected chi connectivity index (χ2v) is 13.3. The molecule has 2 aromatic carbocycles. The van der Waals surface area contributed by atoms with Gasteiger partial charge in [0.2, 0.25) is 0 Å². The van der Waals surface area contributed by atoms with E-state index < -0.39 is 11.6 Å². The Hall–Kier alpha value is -3.49. The van der Waals surface area contributed by atoms with Gasteiger partial charge in [-0.25, -0.2) is 4.39 Å². The zero-order valence-electron chi connectivity index (χ0n) is 27.5. The molecule has 5 rings (SSSR count). The molecule has 1 saturated carbocycles. The molecule has 0 radical (unpaired) electrons. The summed E-state index contributed by atoms with van der Waals surface area (Å²) in [7, 11) is 0. The van der Waals surface area contributed by atoms with Crippen molar-refractivity contribution in [2.45, 2.75) is 91.8 Å². The fourth-order valence-corrected chi connectivity index (χ4v) is 6.14. The average Bonchev–Trinajstić information content (AvgIpc) is 2.97. The molecular weight excluding hydrogens is 571 g/mol. The van der Waals surface area contributed by atoms with Crippen molar-refractivity contribution in [1.82, 2.24) is 4.98 Å². The predicted molar refractivity (Wildman–Crippen MR) is 176 cm³/mol. The molecule has 45 heavy (non-hydrogen) atoms. The van der Waals surface area contributed by atoms with Crippen LogP contribution < -0.4 is 9.64 Å². The van der Waals surface area contributed by atoms with Gasteiger partial charge in [0.15, 0.2) is 0 Å². The van der Waals surface area contributed by atoms with E-state index in [4.69, 9.17) is 19.6 Å². The number of anilines is 1. The molecule has 8 heteroatoms. The van der Waals surface area contributed by atoms with Crippen LogP contribution in [0.15, 0.2) is 48.5 Å². The number of aromatic nitrogens is 1. The van der Waals surface area contributed by atoms with Gasteiger partial charge in [-0.1, -0.05) is 30.7 Å². The smallest absolute Gasteiger partial charge is 0.307 e. The summed E-state index contributed by atoms with van der Waals surface area (Å²) >= 11 is 0. The Morgan fingerprint density at radius 2 is 1.64 bits per heavy atom. The molecule has 1 spiro atoms. The summed E-state index contributed by atoms with van der Waals surface area (Å²) in [5, 5.41) is 18.3. The highest BCUT2D eigenvalue weighted by molar-refractivity contribution is 5.86. The van der Waals surface area contributed by atoms with Gasteiger partial charge >= 0.3 is 5.97 Å². The number of rotatable bonds is 11. The zero-order valence-corrected chi connectivity index (χ0v) is 27.5. The molecule has 244 valence electrons. The Morgan fingerprint density at radius 3 is 2.18 bits per heavy atom. The van der Waals surface area contributed by atoms with Gasteiger partial charge in [0.25, 0.3) is 0 Å². The first kappa shape index (κ1) is 34.4. The fourth-order valence-electron chi connectivity index (χ4n) is 6.14. The first-order chi connectivity index (χ1) is 21.4. The molecule has 2 aliphatic rings. The molecule has 3 aromatic rings. The number of benzene rings is 2. The van der Waals surface area contributed by atoms with Crippen LogP contribution in [0.3, 0.4) is 0 Å². The Morgan fingerprint density at radius 1 is 1.02 bits per heavy atom. The maximum absolute atomic E-state index is 13.2. The van der Waals surface area contributed by atoms with Gasteiger partial charge in [0.1, 0.15) is 11.6 Å². The zero-order chi connectivity index (χ0) is 32.6. The molecule has 2 fully saturated rings. The molecule has 1 aliphatic carbocycles. The number of piperidine rings is 1. The SMILES string of the molecule is CC(C)(C)O.CCOCc1nc(C)c(CC(=O)O)c(N2CCC3(CCC3)CC2)c1-c1ccc(OCCc2ccc(F)cc2)cc1. The van der Waals surface area contributed by atoms with E-state index in [0.29, 0.717) is 31.7 Å². The highest BCUT2D eigenvalue weighted by Gasteiger charge is 2.40. The minimum atomic E-state index is -0.855. The second-order valence-electron chi connectivity index (χ2n) is 13.3. The summed E-state index contributed by atoms with van der Waals surface area (Å²) in [4.78, 5) is 19.3. The van der Waals surface area contributed by atoms with Crippen LogP contribution in [0, 0.1) is 18.2 Å². The number of carboxylic acids is 1. The Balaban J connectivity index is 0.000000854. The van der Waals surface area contributed by atoms with Crippen molar-refractivity contribution < 1.29 is 28.9 Å². The first-order valence-corrected chi connectivity index (χ1v) is 16.1. The molecule has 1 aliphatic heterocycles. The molecule has 2 heterocycles. The molecular formula is C37H49FN2O5. The Labute approximate surface area is 267 Å². The molecule has 0 atom stereocenters. The Kier molecular flexibility index (Phi) is 11.6. The number of carboxylic acid groups (broad SMARTS) is 1. The van der Waals surface area contributed by atoms with Crippen LogP contribution in [0.5, 0.6) is 5.75 Å². The summed E-state index contributed by atoms with van der Waals surface area (Å²) in [5.74, 6) is -0.353. The van der Waals surface area contributed by atoms with E-state index in [2.05, 4.69) is 4.90 Å². The summed E-state index contributed by atoms with van der Waals surface area (Å²) < 4.78 is 25.0. The molecule has 0 unspecified atom stereocenters. The number of aliphatic hydroxyl groups is 1. The lowest BCUT2D eigenvalue weighted by Crippen LogP contribution is -2.44. The van der Waals surface area contributed by atoms with Crippen LogP contribution in [0.4, 0.5) is 10.1 Å². The van der Waals surface area contributed by atoms with E-state index in [1.165, 1.54) is 31.4 Å². The molecule has 1 saturated heterocycles. The standard InChI is InChI=1S/C33H39FN2O4.C4H10O/c1-3-39-22-29-31(25-7-11-27(12-8-25)40-20-13-24-5-9-26(34)10-6-24)32(28(21-30(37)38)23(2)35-29)36-18-16-33(17-19-36)14-4-15-33;1-4(2,3)5/h5-12H,3-4,13-22H2,1-2H3,(H,37,38);5H,1-3H3. The maximum Gasteiger partial charge on any atom is 0.307 e. The lowest BCUT2D eigenvalue weighted by molar-refractivity contribution is -0.136. The normalized spacial score (nSPS) is 15.7. The summed E-state index contributed by atoms with van der Waals surface area (Å²) in [6.45, 7) is 12.4. The van der Waals surface area contributed by atoms with Crippen molar-refractivity contribution in [3.63, 3.8) is 0 Å². The van der Waals surface area contributed by atoms with Crippen LogP contribution in [-0.2, 0) is 29.0 Å². The van der Waals surface area contributed by atoms with E-state index in [9.17, 15) is 14.3 Å². The van der Waals surface area contributed by atoms with E-state index in [1.807, 2.05) is 38.1 Å². The van der Waals surface area contributed by atoms with Gasteiger partial charge in [-0.05, 0) is 101 Å². The van der Waals surface area contributed by atoms with Gasteiger partial charge in [-0.2, -0.15) is 0 Å². The topological polar surface area (TPSA) is 92.1 Å².